The van der Waals surface area contributed by atoms with Crippen molar-refractivity contribution in [3.63, 3.8) is 0 Å². The van der Waals surface area contributed by atoms with Crippen LogP contribution in [0.2, 0.25) is 0 Å². The molecule has 1 aliphatic rings. The molecular formula is C14H14N2OS. The highest BCUT2D eigenvalue weighted by atomic mass is 32.1. The van der Waals surface area contributed by atoms with Gasteiger partial charge in [0.2, 0.25) is 0 Å². The number of rotatable bonds is 3. The van der Waals surface area contributed by atoms with Gasteiger partial charge in [-0.1, -0.05) is 24.3 Å². The van der Waals surface area contributed by atoms with Gasteiger partial charge in [0, 0.05) is 12.0 Å². The fraction of sp³-hybridized carbons (Fsp3) is 0.286. The molecule has 0 saturated carbocycles. The average Bonchev–Trinajstić information content (AvgIpc) is 2.94. The number of aromatic nitrogens is 1. The standard InChI is InChI=1S/C14H14N2OS/c15-10-6-5-9(7-10)12(17)8-14-16-11-3-1-2-4-13(11)18-14/h1-6,9-10H,7-8,15H2. The van der Waals surface area contributed by atoms with Gasteiger partial charge < -0.3 is 5.73 Å². The number of benzene rings is 1. The van der Waals surface area contributed by atoms with Gasteiger partial charge in [-0.15, -0.1) is 11.3 Å². The first-order valence-electron chi connectivity index (χ1n) is 6.03. The number of nitrogens with two attached hydrogens (primary N) is 1. The minimum absolute atomic E-state index is 0.0213. The number of hydrogen-bond acceptors (Lipinski definition) is 4. The second kappa shape index (κ2) is 4.63. The van der Waals surface area contributed by atoms with E-state index in [1.165, 1.54) is 0 Å². The lowest BCUT2D eigenvalue weighted by Gasteiger charge is -2.06. The number of nitrogens with zero attached hydrogens (tertiary/aromatic N) is 1. The Morgan fingerprint density at radius 1 is 1.39 bits per heavy atom. The number of allylic oxidation sites excluding steroid dienone is 1. The molecular weight excluding hydrogens is 244 g/mol. The van der Waals surface area contributed by atoms with Crippen LogP contribution in [0.1, 0.15) is 11.4 Å². The monoisotopic (exact) mass is 258 g/mol. The van der Waals surface area contributed by atoms with Crippen LogP contribution in [0.4, 0.5) is 0 Å². The summed E-state index contributed by atoms with van der Waals surface area (Å²) in [5, 5.41) is 0.898. The Balaban J connectivity index is 1.76. The Kier molecular flexibility index (Phi) is 2.97. The minimum Gasteiger partial charge on any atom is -0.324 e. The van der Waals surface area contributed by atoms with Crippen LogP contribution >= 0.6 is 11.3 Å². The van der Waals surface area contributed by atoms with E-state index in [1.807, 2.05) is 36.4 Å². The van der Waals surface area contributed by atoms with E-state index in [2.05, 4.69) is 4.98 Å². The van der Waals surface area contributed by atoms with Crippen molar-refractivity contribution in [3.05, 3.63) is 41.4 Å². The topological polar surface area (TPSA) is 56.0 Å². The van der Waals surface area contributed by atoms with Gasteiger partial charge in [0.25, 0.3) is 0 Å². The van der Waals surface area contributed by atoms with E-state index < -0.39 is 0 Å². The number of fused-ring (bicyclic) bond motifs is 1. The lowest BCUT2D eigenvalue weighted by molar-refractivity contribution is -0.120. The Hall–Kier alpha value is -1.52. The first-order chi connectivity index (χ1) is 8.72. The van der Waals surface area contributed by atoms with E-state index in [9.17, 15) is 4.79 Å². The van der Waals surface area contributed by atoms with Crippen molar-refractivity contribution in [2.24, 2.45) is 11.7 Å². The first kappa shape index (κ1) is 11.6. The summed E-state index contributed by atoms with van der Waals surface area (Å²) in [5.41, 5.74) is 6.74. The third-order valence-electron chi connectivity index (χ3n) is 3.19. The van der Waals surface area contributed by atoms with Gasteiger partial charge in [0.15, 0.2) is 0 Å². The summed E-state index contributed by atoms with van der Waals surface area (Å²) in [5.74, 6) is 0.199. The van der Waals surface area contributed by atoms with Gasteiger partial charge in [-0.3, -0.25) is 4.79 Å². The molecule has 3 nitrogen and oxygen atoms in total. The van der Waals surface area contributed by atoms with Crippen molar-refractivity contribution < 1.29 is 4.79 Å². The molecule has 0 spiro atoms. The number of carbonyl (C=O) groups excluding carboxylic acids is 1. The molecule has 3 rings (SSSR count). The molecule has 1 aromatic carbocycles. The molecule has 0 fully saturated rings. The fourth-order valence-corrected chi connectivity index (χ4v) is 3.22. The average molecular weight is 258 g/mol. The van der Waals surface area contributed by atoms with Gasteiger partial charge in [0.05, 0.1) is 16.6 Å². The molecule has 4 heteroatoms. The van der Waals surface area contributed by atoms with Crippen molar-refractivity contribution >= 4 is 27.3 Å². The van der Waals surface area contributed by atoms with Gasteiger partial charge in [-0.2, -0.15) is 0 Å². The van der Waals surface area contributed by atoms with Crippen LogP contribution in [0.25, 0.3) is 10.2 Å². The number of carbonyl (C=O) groups is 1. The van der Waals surface area contributed by atoms with Crippen LogP contribution in [0.3, 0.4) is 0 Å². The SMILES string of the molecule is NC1C=CC(C(=O)Cc2nc3ccccc3s2)C1. The highest BCUT2D eigenvalue weighted by Gasteiger charge is 2.23. The zero-order valence-corrected chi connectivity index (χ0v) is 10.7. The van der Waals surface area contributed by atoms with Gasteiger partial charge in [0.1, 0.15) is 10.8 Å². The molecule has 1 aliphatic carbocycles. The molecule has 2 aromatic rings. The third kappa shape index (κ3) is 2.21. The fourth-order valence-electron chi connectivity index (χ4n) is 2.24. The number of para-hydroxylation sites is 1. The maximum atomic E-state index is 12.1. The number of Topliss-reactive ketones (excluding diaryl/α,β-unsaturated/α-hetero) is 1. The minimum atomic E-state index is -0.0213. The molecule has 0 aliphatic heterocycles. The smallest absolute Gasteiger partial charge is 0.146 e. The Morgan fingerprint density at radius 2 is 2.22 bits per heavy atom. The molecule has 1 aromatic heterocycles. The second-order valence-electron chi connectivity index (χ2n) is 4.61. The van der Waals surface area contributed by atoms with Crippen molar-refractivity contribution in [1.29, 1.82) is 0 Å². The zero-order valence-electron chi connectivity index (χ0n) is 9.87. The van der Waals surface area contributed by atoms with Crippen LogP contribution in [0.5, 0.6) is 0 Å². The maximum absolute atomic E-state index is 12.1. The second-order valence-corrected chi connectivity index (χ2v) is 5.72. The molecule has 0 saturated heterocycles. The number of thiazole rings is 1. The third-order valence-corrected chi connectivity index (χ3v) is 4.23. The molecule has 2 N–H and O–H groups in total. The van der Waals surface area contributed by atoms with E-state index in [1.54, 1.807) is 11.3 Å². The molecule has 2 unspecified atom stereocenters. The Morgan fingerprint density at radius 3 is 2.94 bits per heavy atom. The molecule has 0 radical (unpaired) electrons. The lowest BCUT2D eigenvalue weighted by Crippen LogP contribution is -2.20. The van der Waals surface area contributed by atoms with Gasteiger partial charge in [-0.05, 0) is 18.6 Å². The molecule has 2 atom stereocenters. The van der Waals surface area contributed by atoms with Crippen LogP contribution in [0.15, 0.2) is 36.4 Å². The predicted octanol–water partition coefficient (Wildman–Crippen LogP) is 2.31. The van der Waals surface area contributed by atoms with E-state index in [-0.39, 0.29) is 17.7 Å². The highest BCUT2D eigenvalue weighted by Crippen LogP contribution is 2.24. The first-order valence-corrected chi connectivity index (χ1v) is 6.85. The largest absolute Gasteiger partial charge is 0.324 e. The van der Waals surface area contributed by atoms with Crippen LogP contribution in [0, 0.1) is 5.92 Å². The summed E-state index contributed by atoms with van der Waals surface area (Å²) < 4.78 is 1.14. The van der Waals surface area contributed by atoms with Gasteiger partial charge in [-0.25, -0.2) is 4.98 Å². The van der Waals surface area contributed by atoms with Crippen LogP contribution in [-0.4, -0.2) is 16.8 Å². The summed E-state index contributed by atoms with van der Waals surface area (Å²) in [6.45, 7) is 0. The zero-order chi connectivity index (χ0) is 12.5. The van der Waals surface area contributed by atoms with Crippen molar-refractivity contribution in [2.75, 3.05) is 0 Å². The van der Waals surface area contributed by atoms with E-state index in [0.717, 1.165) is 21.6 Å². The molecule has 0 bridgehead atoms. The normalized spacial score (nSPS) is 22.7. The van der Waals surface area contributed by atoms with Crippen LogP contribution < -0.4 is 5.73 Å². The summed E-state index contributed by atoms with van der Waals surface area (Å²) in [7, 11) is 0. The maximum Gasteiger partial charge on any atom is 0.146 e. The van der Waals surface area contributed by atoms with E-state index in [0.29, 0.717) is 6.42 Å². The molecule has 0 amide bonds. The molecule has 18 heavy (non-hydrogen) atoms. The summed E-state index contributed by atoms with van der Waals surface area (Å²) in [6.07, 6.45) is 5.01. The summed E-state index contributed by atoms with van der Waals surface area (Å²) in [4.78, 5) is 16.6. The Labute approximate surface area is 109 Å². The molecule has 1 heterocycles. The summed E-state index contributed by atoms with van der Waals surface area (Å²) in [6, 6.07) is 8.00. The lowest BCUT2D eigenvalue weighted by atomic mass is 10.0. The van der Waals surface area contributed by atoms with E-state index in [4.69, 9.17) is 5.73 Å². The predicted molar refractivity (Wildman–Crippen MR) is 73.6 cm³/mol. The number of ketones is 1. The van der Waals surface area contributed by atoms with E-state index >= 15 is 0 Å². The molecule has 92 valence electrons. The summed E-state index contributed by atoms with van der Waals surface area (Å²) >= 11 is 1.60. The van der Waals surface area contributed by atoms with Gasteiger partial charge >= 0.3 is 0 Å². The van der Waals surface area contributed by atoms with Crippen molar-refractivity contribution in [1.82, 2.24) is 4.98 Å². The number of hydrogen-bond donors (Lipinski definition) is 1. The Bertz CT molecular complexity index is 584. The van der Waals surface area contributed by atoms with Crippen molar-refractivity contribution in [2.45, 2.75) is 18.9 Å². The van der Waals surface area contributed by atoms with Crippen molar-refractivity contribution in [3.8, 4) is 0 Å². The highest BCUT2D eigenvalue weighted by molar-refractivity contribution is 7.18. The quantitative estimate of drug-likeness (QED) is 0.859. The van der Waals surface area contributed by atoms with Crippen LogP contribution in [-0.2, 0) is 11.2 Å².